The zero-order valence-corrected chi connectivity index (χ0v) is 6.03. The Hall–Kier alpha value is -0.500. The Morgan fingerprint density at radius 3 is 2.67 bits per heavy atom. The molecule has 0 bridgehead atoms. The van der Waals surface area contributed by atoms with Gasteiger partial charge in [-0.25, -0.2) is 0 Å². The first-order valence-corrected chi connectivity index (χ1v) is 3.30. The Morgan fingerprint density at radius 1 is 1.56 bits per heavy atom. The van der Waals surface area contributed by atoms with E-state index in [-0.39, 0.29) is 0 Å². The fourth-order valence-corrected chi connectivity index (χ4v) is 0.820. The van der Waals surface area contributed by atoms with E-state index in [1.807, 2.05) is 0 Å². The van der Waals surface area contributed by atoms with Gasteiger partial charge in [-0.1, -0.05) is 0 Å². The zero-order chi connectivity index (χ0) is 6.69. The maximum Gasteiger partial charge on any atom is 0.108 e. The molecular formula is C7H13NO. The van der Waals surface area contributed by atoms with Crippen molar-refractivity contribution in [1.82, 2.24) is 5.32 Å². The number of nitrogens with one attached hydrogen (secondary N) is 1. The molecule has 1 N–H and O–H groups in total. The molecule has 1 heterocycles. The molecule has 1 rings (SSSR count). The summed E-state index contributed by atoms with van der Waals surface area (Å²) in [5, 5.41) is 3.23. The third kappa shape index (κ3) is 1.72. The minimum Gasteiger partial charge on any atom is -0.495 e. The van der Waals surface area contributed by atoms with Gasteiger partial charge >= 0.3 is 0 Å². The lowest BCUT2D eigenvalue weighted by Crippen LogP contribution is -2.29. The molecule has 0 amide bonds. The van der Waals surface area contributed by atoms with Crippen molar-refractivity contribution >= 4 is 0 Å². The van der Waals surface area contributed by atoms with Crippen LogP contribution in [0.1, 0.15) is 13.8 Å². The van der Waals surface area contributed by atoms with Gasteiger partial charge in [0.15, 0.2) is 0 Å². The van der Waals surface area contributed by atoms with Gasteiger partial charge in [0, 0.05) is 6.54 Å². The molecule has 1 fully saturated rings. The standard InChI is InChI=1S/C7H13NO/c1-6(2)7-5-8-3-4-9-7/h8H,3-5H2,1-2H3. The summed E-state index contributed by atoms with van der Waals surface area (Å²) in [5.74, 6) is 1.11. The summed E-state index contributed by atoms with van der Waals surface area (Å²) in [7, 11) is 0. The first-order chi connectivity index (χ1) is 4.30. The Morgan fingerprint density at radius 2 is 2.33 bits per heavy atom. The molecule has 1 aliphatic heterocycles. The van der Waals surface area contributed by atoms with Gasteiger partial charge in [0.25, 0.3) is 0 Å². The van der Waals surface area contributed by atoms with Crippen molar-refractivity contribution in [3.05, 3.63) is 11.3 Å². The van der Waals surface area contributed by atoms with Gasteiger partial charge in [-0.15, -0.1) is 0 Å². The SMILES string of the molecule is CC(C)=C1CNCCO1. The van der Waals surface area contributed by atoms with Crippen molar-refractivity contribution < 1.29 is 4.74 Å². The molecule has 52 valence electrons. The van der Waals surface area contributed by atoms with Crippen LogP contribution < -0.4 is 5.32 Å². The van der Waals surface area contributed by atoms with E-state index in [2.05, 4.69) is 19.2 Å². The van der Waals surface area contributed by atoms with E-state index >= 15 is 0 Å². The molecule has 9 heavy (non-hydrogen) atoms. The molecule has 0 aliphatic carbocycles. The summed E-state index contributed by atoms with van der Waals surface area (Å²) in [6.07, 6.45) is 0. The van der Waals surface area contributed by atoms with E-state index in [0.29, 0.717) is 0 Å². The van der Waals surface area contributed by atoms with Gasteiger partial charge < -0.3 is 10.1 Å². The number of hydrogen-bond acceptors (Lipinski definition) is 2. The molecule has 0 atom stereocenters. The van der Waals surface area contributed by atoms with Crippen LogP contribution in [0.5, 0.6) is 0 Å². The van der Waals surface area contributed by atoms with Gasteiger partial charge in [-0.2, -0.15) is 0 Å². The highest BCUT2D eigenvalue weighted by atomic mass is 16.5. The van der Waals surface area contributed by atoms with Crippen LogP contribution in [0.2, 0.25) is 0 Å². The summed E-state index contributed by atoms with van der Waals surface area (Å²) < 4.78 is 5.36. The van der Waals surface area contributed by atoms with Gasteiger partial charge in [0.05, 0.1) is 6.54 Å². The van der Waals surface area contributed by atoms with Crippen LogP contribution in [0.3, 0.4) is 0 Å². The van der Waals surface area contributed by atoms with Crippen LogP contribution in [0.25, 0.3) is 0 Å². The first kappa shape index (κ1) is 6.62. The molecule has 0 radical (unpaired) electrons. The van der Waals surface area contributed by atoms with Crippen LogP contribution in [0.4, 0.5) is 0 Å². The number of hydrogen-bond donors (Lipinski definition) is 1. The summed E-state index contributed by atoms with van der Waals surface area (Å²) >= 11 is 0. The minimum absolute atomic E-state index is 0.820. The number of allylic oxidation sites excluding steroid dienone is 1. The smallest absolute Gasteiger partial charge is 0.108 e. The van der Waals surface area contributed by atoms with E-state index in [1.165, 1.54) is 5.57 Å². The van der Waals surface area contributed by atoms with Crippen molar-refractivity contribution in [1.29, 1.82) is 0 Å². The van der Waals surface area contributed by atoms with Crippen LogP contribution in [-0.2, 0) is 4.74 Å². The molecule has 0 saturated carbocycles. The normalized spacial score (nSPS) is 19.1. The van der Waals surface area contributed by atoms with Crippen molar-refractivity contribution in [2.75, 3.05) is 19.7 Å². The monoisotopic (exact) mass is 127 g/mol. The molecule has 0 aromatic carbocycles. The van der Waals surface area contributed by atoms with Crippen LogP contribution in [-0.4, -0.2) is 19.7 Å². The topological polar surface area (TPSA) is 21.3 Å². The number of rotatable bonds is 0. The van der Waals surface area contributed by atoms with Crippen LogP contribution in [0, 0.1) is 0 Å². The average Bonchev–Trinajstić information content (AvgIpc) is 1.90. The highest BCUT2D eigenvalue weighted by molar-refractivity contribution is 5.05. The van der Waals surface area contributed by atoms with Crippen molar-refractivity contribution in [3.63, 3.8) is 0 Å². The maximum absolute atomic E-state index is 5.36. The van der Waals surface area contributed by atoms with E-state index < -0.39 is 0 Å². The lowest BCUT2D eigenvalue weighted by Gasteiger charge is -2.18. The van der Waals surface area contributed by atoms with Crippen molar-refractivity contribution in [2.45, 2.75) is 13.8 Å². The van der Waals surface area contributed by atoms with Gasteiger partial charge in [-0.3, -0.25) is 0 Å². The minimum atomic E-state index is 0.820. The zero-order valence-electron chi connectivity index (χ0n) is 6.03. The quantitative estimate of drug-likeness (QED) is 0.522. The molecule has 0 unspecified atom stereocenters. The average molecular weight is 127 g/mol. The van der Waals surface area contributed by atoms with E-state index in [1.54, 1.807) is 0 Å². The first-order valence-electron chi connectivity index (χ1n) is 3.30. The van der Waals surface area contributed by atoms with E-state index in [0.717, 1.165) is 25.5 Å². The molecule has 0 aromatic rings. The van der Waals surface area contributed by atoms with E-state index in [9.17, 15) is 0 Å². The van der Waals surface area contributed by atoms with Crippen molar-refractivity contribution in [3.8, 4) is 0 Å². The maximum atomic E-state index is 5.36. The Bertz CT molecular complexity index is 117. The van der Waals surface area contributed by atoms with Crippen molar-refractivity contribution in [2.24, 2.45) is 0 Å². The fourth-order valence-electron chi connectivity index (χ4n) is 0.820. The summed E-state index contributed by atoms with van der Waals surface area (Å²) in [6.45, 7) is 6.85. The third-order valence-corrected chi connectivity index (χ3v) is 1.40. The number of ether oxygens (including phenoxy) is 1. The van der Waals surface area contributed by atoms with E-state index in [4.69, 9.17) is 4.74 Å². The van der Waals surface area contributed by atoms with Gasteiger partial charge in [0.2, 0.25) is 0 Å². The predicted molar refractivity (Wildman–Crippen MR) is 37.2 cm³/mol. The fraction of sp³-hybridized carbons (Fsp3) is 0.714. The lowest BCUT2D eigenvalue weighted by atomic mass is 10.3. The summed E-state index contributed by atoms with van der Waals surface area (Å²) in [5.41, 5.74) is 1.28. The predicted octanol–water partition coefficient (Wildman–Crippen LogP) is 0.900. The molecular weight excluding hydrogens is 114 g/mol. The third-order valence-electron chi connectivity index (χ3n) is 1.40. The lowest BCUT2D eigenvalue weighted by molar-refractivity contribution is 0.174. The molecule has 2 heteroatoms. The van der Waals surface area contributed by atoms with Gasteiger partial charge in [-0.05, 0) is 19.4 Å². The van der Waals surface area contributed by atoms with Gasteiger partial charge in [0.1, 0.15) is 12.4 Å². The Kier molecular flexibility index (Phi) is 2.11. The Labute approximate surface area is 55.9 Å². The molecule has 0 spiro atoms. The largest absolute Gasteiger partial charge is 0.495 e. The number of morpholine rings is 1. The summed E-state index contributed by atoms with van der Waals surface area (Å²) in [6, 6.07) is 0. The second-order valence-corrected chi connectivity index (χ2v) is 2.45. The van der Waals surface area contributed by atoms with Crippen LogP contribution in [0.15, 0.2) is 11.3 Å². The highest BCUT2D eigenvalue weighted by Crippen LogP contribution is 2.05. The highest BCUT2D eigenvalue weighted by Gasteiger charge is 2.04. The molecule has 1 saturated heterocycles. The summed E-state index contributed by atoms with van der Waals surface area (Å²) in [4.78, 5) is 0. The van der Waals surface area contributed by atoms with Crippen LogP contribution >= 0.6 is 0 Å². The Balaban J connectivity index is 2.49. The second-order valence-electron chi connectivity index (χ2n) is 2.45. The second kappa shape index (κ2) is 2.87. The molecule has 0 aromatic heterocycles. The molecule has 1 aliphatic rings. The molecule has 2 nitrogen and oxygen atoms in total.